The van der Waals surface area contributed by atoms with Crippen LogP contribution >= 0.6 is 27.5 Å². The molecule has 0 saturated heterocycles. The van der Waals surface area contributed by atoms with Gasteiger partial charge in [-0.2, -0.15) is 0 Å². The van der Waals surface area contributed by atoms with Crippen LogP contribution in [0.2, 0.25) is 5.02 Å². The summed E-state index contributed by atoms with van der Waals surface area (Å²) in [5, 5.41) is 0.587. The van der Waals surface area contributed by atoms with Crippen molar-refractivity contribution >= 4 is 45.5 Å². The summed E-state index contributed by atoms with van der Waals surface area (Å²) >= 11 is 9.33. The molecule has 2 aromatic carbocycles. The van der Waals surface area contributed by atoms with Gasteiger partial charge in [0.15, 0.2) is 5.70 Å². The average molecular weight is 393 g/mol. The summed E-state index contributed by atoms with van der Waals surface area (Å²) in [4.78, 5) is 16.3. The van der Waals surface area contributed by atoms with Gasteiger partial charge in [-0.25, -0.2) is 9.79 Å². The highest BCUT2D eigenvalue weighted by molar-refractivity contribution is 9.10. The zero-order valence-corrected chi connectivity index (χ0v) is 14.4. The number of nitrogens with zero attached hydrogens (tertiary/aromatic N) is 1. The molecule has 1 aliphatic rings. The normalized spacial score (nSPS) is 15.5. The van der Waals surface area contributed by atoms with E-state index in [0.29, 0.717) is 16.3 Å². The topological polar surface area (TPSA) is 47.9 Å². The first-order valence-electron chi connectivity index (χ1n) is 6.69. The molecule has 1 heterocycles. The first kappa shape index (κ1) is 15.8. The molecule has 2 aromatic rings. The molecule has 0 unspecified atom stereocenters. The van der Waals surface area contributed by atoms with Gasteiger partial charge in [0.2, 0.25) is 5.90 Å². The number of hydrogen-bond donors (Lipinski definition) is 0. The van der Waals surface area contributed by atoms with Crippen LogP contribution in [0.25, 0.3) is 6.08 Å². The van der Waals surface area contributed by atoms with Crippen molar-refractivity contribution in [1.82, 2.24) is 0 Å². The highest BCUT2D eigenvalue weighted by atomic mass is 79.9. The fraction of sp³-hybridized carbons (Fsp3) is 0.0588. The molecule has 0 spiro atoms. The van der Waals surface area contributed by atoms with Crippen LogP contribution in [0.4, 0.5) is 0 Å². The van der Waals surface area contributed by atoms with E-state index in [2.05, 4.69) is 20.9 Å². The molecular formula is C17H11BrClNO3. The van der Waals surface area contributed by atoms with E-state index in [-0.39, 0.29) is 11.6 Å². The molecule has 6 heteroatoms. The van der Waals surface area contributed by atoms with Gasteiger partial charge < -0.3 is 9.47 Å². The summed E-state index contributed by atoms with van der Waals surface area (Å²) in [5.41, 5.74) is 1.59. The van der Waals surface area contributed by atoms with Crippen molar-refractivity contribution in [3.05, 3.63) is 68.8 Å². The largest absolute Gasteiger partial charge is 0.496 e. The number of carbonyl (C=O) groups is 1. The Labute approximate surface area is 146 Å². The highest BCUT2D eigenvalue weighted by Gasteiger charge is 2.26. The summed E-state index contributed by atoms with van der Waals surface area (Å²) in [6.07, 6.45) is 1.63. The van der Waals surface area contributed by atoms with Crippen molar-refractivity contribution in [3.8, 4) is 5.75 Å². The fourth-order valence-electron chi connectivity index (χ4n) is 2.13. The first-order chi connectivity index (χ1) is 11.1. The molecule has 4 nitrogen and oxygen atoms in total. The molecule has 0 fully saturated rings. The second kappa shape index (κ2) is 6.56. The predicted molar refractivity (Wildman–Crippen MR) is 92.8 cm³/mol. The van der Waals surface area contributed by atoms with Crippen LogP contribution in [-0.4, -0.2) is 19.0 Å². The van der Waals surface area contributed by atoms with E-state index in [4.69, 9.17) is 21.1 Å². The Hall–Kier alpha value is -2.11. The number of hydrogen-bond acceptors (Lipinski definition) is 4. The minimum absolute atomic E-state index is 0.210. The average Bonchev–Trinajstić information content (AvgIpc) is 2.88. The number of halogens is 2. The van der Waals surface area contributed by atoms with Crippen LogP contribution in [-0.2, 0) is 9.53 Å². The number of esters is 1. The molecule has 0 saturated carbocycles. The van der Waals surface area contributed by atoms with Crippen LogP contribution in [0.5, 0.6) is 5.75 Å². The van der Waals surface area contributed by atoms with Gasteiger partial charge in [-0.3, -0.25) is 0 Å². The van der Waals surface area contributed by atoms with E-state index in [0.717, 1.165) is 10.0 Å². The highest BCUT2D eigenvalue weighted by Crippen LogP contribution is 2.28. The summed E-state index contributed by atoms with van der Waals surface area (Å²) < 4.78 is 11.4. The van der Waals surface area contributed by atoms with E-state index >= 15 is 0 Å². The van der Waals surface area contributed by atoms with Gasteiger partial charge >= 0.3 is 5.97 Å². The van der Waals surface area contributed by atoms with E-state index in [1.54, 1.807) is 43.5 Å². The summed E-state index contributed by atoms with van der Waals surface area (Å²) in [6.45, 7) is 0. The van der Waals surface area contributed by atoms with Crippen molar-refractivity contribution in [2.75, 3.05) is 7.11 Å². The number of rotatable bonds is 3. The quantitative estimate of drug-likeness (QED) is 0.572. The first-order valence-corrected chi connectivity index (χ1v) is 7.86. The molecule has 3 rings (SSSR count). The van der Waals surface area contributed by atoms with Gasteiger partial charge in [0, 0.05) is 9.50 Å². The lowest BCUT2D eigenvalue weighted by atomic mass is 10.2. The maximum atomic E-state index is 12.0. The Morgan fingerprint density at radius 2 is 2.09 bits per heavy atom. The molecule has 0 amide bonds. The number of carbonyl (C=O) groups excluding carboxylic acids is 1. The number of aliphatic imine (C=N–C) groups is 1. The van der Waals surface area contributed by atoms with Crippen LogP contribution < -0.4 is 4.74 Å². The number of benzene rings is 2. The molecule has 0 aliphatic carbocycles. The Bertz CT molecular complexity index is 845. The van der Waals surface area contributed by atoms with E-state index < -0.39 is 5.97 Å². The van der Waals surface area contributed by atoms with Gasteiger partial charge in [-0.15, -0.1) is 0 Å². The minimum atomic E-state index is -0.512. The van der Waals surface area contributed by atoms with Crippen LogP contribution in [0.1, 0.15) is 11.1 Å². The molecular weight excluding hydrogens is 382 g/mol. The van der Waals surface area contributed by atoms with Gasteiger partial charge in [0.25, 0.3) is 0 Å². The third-order valence-corrected chi connectivity index (χ3v) is 3.89. The van der Waals surface area contributed by atoms with Gasteiger partial charge in [0.05, 0.1) is 12.7 Å². The van der Waals surface area contributed by atoms with Crippen molar-refractivity contribution in [2.24, 2.45) is 4.99 Å². The molecule has 0 N–H and O–H groups in total. The Balaban J connectivity index is 2.00. The molecule has 23 heavy (non-hydrogen) atoms. The molecule has 0 atom stereocenters. The summed E-state index contributed by atoms with van der Waals surface area (Å²) in [6, 6.07) is 12.5. The van der Waals surface area contributed by atoms with E-state index in [1.165, 1.54) is 0 Å². The zero-order valence-electron chi connectivity index (χ0n) is 12.0. The van der Waals surface area contributed by atoms with Crippen molar-refractivity contribution in [2.45, 2.75) is 0 Å². The van der Waals surface area contributed by atoms with Crippen LogP contribution in [0, 0.1) is 0 Å². The fourth-order valence-corrected chi connectivity index (χ4v) is 2.69. The lowest BCUT2D eigenvalue weighted by Gasteiger charge is -2.07. The Morgan fingerprint density at radius 1 is 1.26 bits per heavy atom. The third kappa shape index (κ3) is 3.46. The van der Waals surface area contributed by atoms with Crippen molar-refractivity contribution in [3.63, 3.8) is 0 Å². The monoisotopic (exact) mass is 391 g/mol. The molecule has 0 bridgehead atoms. The SMILES string of the molecule is COc1ccc(Br)cc1C1=N/C(=C/c2cccc(Cl)c2)C(=O)O1. The van der Waals surface area contributed by atoms with Gasteiger partial charge in [-0.05, 0) is 42.0 Å². The lowest BCUT2D eigenvalue weighted by molar-refractivity contribution is -0.129. The van der Waals surface area contributed by atoms with E-state index in [1.807, 2.05) is 12.1 Å². The van der Waals surface area contributed by atoms with Crippen molar-refractivity contribution in [1.29, 1.82) is 0 Å². The second-order valence-electron chi connectivity index (χ2n) is 4.74. The van der Waals surface area contributed by atoms with Crippen LogP contribution in [0.3, 0.4) is 0 Å². The molecule has 0 aromatic heterocycles. The molecule has 1 aliphatic heterocycles. The summed E-state index contributed by atoms with van der Waals surface area (Å²) in [7, 11) is 1.55. The Kier molecular flexibility index (Phi) is 4.50. The summed E-state index contributed by atoms with van der Waals surface area (Å²) in [5.74, 6) is 0.271. The Morgan fingerprint density at radius 3 is 2.83 bits per heavy atom. The molecule has 116 valence electrons. The minimum Gasteiger partial charge on any atom is -0.496 e. The maximum absolute atomic E-state index is 12.0. The number of cyclic esters (lactones) is 1. The number of ether oxygens (including phenoxy) is 2. The standard InChI is InChI=1S/C17H11BrClNO3/c1-22-15-6-5-11(18)9-13(15)16-20-14(17(21)23-16)8-10-3-2-4-12(19)7-10/h2-9H,1H3/b14-8+. The lowest BCUT2D eigenvalue weighted by Crippen LogP contribution is -2.07. The predicted octanol–water partition coefficient (Wildman–Crippen LogP) is 4.46. The van der Waals surface area contributed by atoms with Gasteiger partial charge in [-0.1, -0.05) is 39.7 Å². The second-order valence-corrected chi connectivity index (χ2v) is 6.09. The molecule has 0 radical (unpaired) electrons. The van der Waals surface area contributed by atoms with Gasteiger partial charge in [0.1, 0.15) is 5.75 Å². The smallest absolute Gasteiger partial charge is 0.363 e. The maximum Gasteiger partial charge on any atom is 0.363 e. The zero-order chi connectivity index (χ0) is 16.4. The number of methoxy groups -OCH3 is 1. The van der Waals surface area contributed by atoms with Crippen molar-refractivity contribution < 1.29 is 14.3 Å². The van der Waals surface area contributed by atoms with Crippen LogP contribution in [0.15, 0.2) is 57.6 Å². The third-order valence-electron chi connectivity index (χ3n) is 3.16. The van der Waals surface area contributed by atoms with E-state index in [9.17, 15) is 4.79 Å².